The van der Waals surface area contributed by atoms with Crippen LogP contribution in [0, 0.1) is 5.92 Å². The van der Waals surface area contributed by atoms with Gasteiger partial charge in [0.2, 0.25) is 0 Å². The first-order chi connectivity index (χ1) is 13.6. The number of allylic oxidation sites excluding steroid dienone is 2. The molecule has 2 aromatic rings. The summed E-state index contributed by atoms with van der Waals surface area (Å²) in [6, 6.07) is 10.3. The molecule has 1 amide bonds. The van der Waals surface area contributed by atoms with Crippen LogP contribution in [0.15, 0.2) is 60.9 Å². The van der Waals surface area contributed by atoms with Gasteiger partial charge >= 0.3 is 35.5 Å². The van der Waals surface area contributed by atoms with Crippen molar-refractivity contribution < 1.29 is 19.8 Å². The zero-order valence-electron chi connectivity index (χ0n) is 15.6. The number of carbonyl (C=O) groups is 2. The molecular formula is C22H25N2NaO4. The molecular weight excluding hydrogens is 379 g/mol. The molecule has 29 heavy (non-hydrogen) atoms. The fourth-order valence-corrected chi connectivity index (χ4v) is 3.74. The molecule has 2 N–H and O–H groups in total. The van der Waals surface area contributed by atoms with E-state index in [1.54, 1.807) is 30.6 Å². The van der Waals surface area contributed by atoms with Gasteiger partial charge in [-0.2, -0.15) is 0 Å². The third-order valence-electron chi connectivity index (χ3n) is 5.07. The summed E-state index contributed by atoms with van der Waals surface area (Å²) in [4.78, 5) is 29.8. The number of aliphatic carboxylic acids is 1. The molecule has 2 heterocycles. The number of nitrogens with zero attached hydrogens (tertiary/aromatic N) is 2. The standard InChI is InChI=1S/C22H24N2O4.Na.H/c25-19-10-5-4-9-18(19)22(28)24-14-12-16(7-2-1-3-11-20(26)27)21(24)17-8-6-13-23-15-17;;/h1-2,4-6,8-10,13,15-16,21,25H,3,7,11-12,14H2,(H,26,27);;/b2-1-;;/t16-,21+;;/m1../s1. The van der Waals surface area contributed by atoms with Crippen LogP contribution in [0.5, 0.6) is 5.75 Å². The number of para-hydroxylation sites is 1. The first kappa shape index (κ1) is 23.1. The number of carboxylic acids is 1. The summed E-state index contributed by atoms with van der Waals surface area (Å²) in [5.41, 5.74) is 1.27. The second-order valence-electron chi connectivity index (χ2n) is 6.94. The van der Waals surface area contributed by atoms with Crippen molar-refractivity contribution in [2.75, 3.05) is 6.54 Å². The van der Waals surface area contributed by atoms with Crippen molar-refractivity contribution in [2.24, 2.45) is 5.92 Å². The normalized spacial score (nSPS) is 18.6. The minimum atomic E-state index is -0.807. The zero-order chi connectivity index (χ0) is 19.9. The van der Waals surface area contributed by atoms with E-state index in [4.69, 9.17) is 5.11 Å². The Balaban J connectivity index is 0.00000300. The predicted molar refractivity (Wildman–Crippen MR) is 112 cm³/mol. The molecule has 1 aliphatic rings. The number of rotatable bonds is 7. The Morgan fingerprint density at radius 2 is 1.97 bits per heavy atom. The quantitative estimate of drug-likeness (QED) is 0.547. The fourth-order valence-electron chi connectivity index (χ4n) is 3.74. The molecule has 0 radical (unpaired) electrons. The van der Waals surface area contributed by atoms with E-state index in [0.29, 0.717) is 18.5 Å². The van der Waals surface area contributed by atoms with Crippen molar-refractivity contribution in [3.05, 3.63) is 72.1 Å². The third kappa shape index (κ3) is 5.92. The predicted octanol–water partition coefficient (Wildman–Crippen LogP) is 3.15. The second kappa shape index (κ2) is 11.1. The van der Waals surface area contributed by atoms with Gasteiger partial charge in [-0.3, -0.25) is 14.6 Å². The summed E-state index contributed by atoms with van der Waals surface area (Å²) < 4.78 is 0. The SMILES string of the molecule is O=C(O)CC/C=C\C[C@@H]1CCN(C(=O)c2ccccc2O)[C@@H]1c1cccnc1.[NaH]. The van der Waals surface area contributed by atoms with Crippen LogP contribution in [-0.4, -0.2) is 68.1 Å². The van der Waals surface area contributed by atoms with E-state index < -0.39 is 5.97 Å². The van der Waals surface area contributed by atoms with Gasteiger partial charge in [0.05, 0.1) is 11.6 Å². The Morgan fingerprint density at radius 3 is 2.66 bits per heavy atom. The van der Waals surface area contributed by atoms with Gasteiger partial charge in [0.1, 0.15) is 5.75 Å². The van der Waals surface area contributed by atoms with E-state index >= 15 is 0 Å². The number of carbonyl (C=O) groups excluding carboxylic acids is 1. The van der Waals surface area contributed by atoms with Crippen molar-refractivity contribution in [2.45, 2.75) is 31.7 Å². The first-order valence-corrected chi connectivity index (χ1v) is 9.43. The van der Waals surface area contributed by atoms with Crippen LogP contribution in [0.4, 0.5) is 0 Å². The van der Waals surface area contributed by atoms with Crippen LogP contribution in [0.25, 0.3) is 0 Å². The average Bonchev–Trinajstić information content (AvgIpc) is 3.12. The van der Waals surface area contributed by atoms with Crippen molar-refractivity contribution in [1.82, 2.24) is 9.88 Å². The van der Waals surface area contributed by atoms with Crippen LogP contribution >= 0.6 is 0 Å². The molecule has 3 rings (SSSR count). The van der Waals surface area contributed by atoms with Crippen molar-refractivity contribution >= 4 is 41.4 Å². The molecule has 7 heteroatoms. The van der Waals surface area contributed by atoms with E-state index in [1.165, 1.54) is 6.07 Å². The van der Waals surface area contributed by atoms with Gasteiger partial charge in [-0.1, -0.05) is 30.4 Å². The van der Waals surface area contributed by atoms with Gasteiger partial charge < -0.3 is 15.1 Å². The molecule has 2 atom stereocenters. The maximum atomic E-state index is 13.1. The number of benzene rings is 1. The number of hydrogen-bond acceptors (Lipinski definition) is 4. The Labute approximate surface area is 192 Å². The molecule has 0 bridgehead atoms. The molecule has 148 valence electrons. The van der Waals surface area contributed by atoms with Gasteiger partial charge in [0, 0.05) is 25.4 Å². The summed E-state index contributed by atoms with van der Waals surface area (Å²) in [6.45, 7) is 0.598. The molecule has 1 fully saturated rings. The van der Waals surface area contributed by atoms with Crippen LogP contribution in [-0.2, 0) is 4.79 Å². The Bertz CT molecular complexity index is 857. The van der Waals surface area contributed by atoms with Crippen LogP contribution in [0.1, 0.15) is 47.6 Å². The number of phenolic OH excluding ortho intramolecular Hbond substituents is 1. The number of phenols is 1. The zero-order valence-corrected chi connectivity index (χ0v) is 15.6. The van der Waals surface area contributed by atoms with E-state index in [1.807, 2.05) is 29.2 Å². The Kier molecular flexibility index (Phi) is 8.89. The Hall–Kier alpha value is -2.15. The topological polar surface area (TPSA) is 90.7 Å². The first-order valence-electron chi connectivity index (χ1n) is 9.43. The van der Waals surface area contributed by atoms with Crippen molar-refractivity contribution in [3.63, 3.8) is 0 Å². The molecule has 0 aliphatic carbocycles. The minimum absolute atomic E-state index is 0. The number of carboxylic acid groups (broad SMARTS) is 1. The average molecular weight is 404 g/mol. The third-order valence-corrected chi connectivity index (χ3v) is 5.07. The molecule has 0 saturated carbocycles. The van der Waals surface area contributed by atoms with Crippen LogP contribution < -0.4 is 0 Å². The summed E-state index contributed by atoms with van der Waals surface area (Å²) in [5, 5.41) is 18.8. The molecule has 1 aromatic heterocycles. The van der Waals surface area contributed by atoms with Crippen molar-refractivity contribution in [1.29, 1.82) is 0 Å². The number of pyridine rings is 1. The molecule has 0 spiro atoms. The fraction of sp³-hybridized carbons (Fsp3) is 0.318. The van der Waals surface area contributed by atoms with Gasteiger partial charge in [-0.15, -0.1) is 0 Å². The van der Waals surface area contributed by atoms with Gasteiger partial charge in [0.25, 0.3) is 5.91 Å². The summed E-state index contributed by atoms with van der Waals surface area (Å²) >= 11 is 0. The van der Waals surface area contributed by atoms with Crippen LogP contribution in [0.2, 0.25) is 0 Å². The number of hydrogen-bond donors (Lipinski definition) is 2. The van der Waals surface area contributed by atoms with Crippen LogP contribution in [0.3, 0.4) is 0 Å². The molecule has 1 aromatic carbocycles. The van der Waals surface area contributed by atoms with Gasteiger partial charge in [0.15, 0.2) is 0 Å². The molecule has 6 nitrogen and oxygen atoms in total. The monoisotopic (exact) mass is 404 g/mol. The summed E-state index contributed by atoms with van der Waals surface area (Å²) in [7, 11) is 0. The second-order valence-corrected chi connectivity index (χ2v) is 6.94. The summed E-state index contributed by atoms with van der Waals surface area (Å²) in [5.74, 6) is -0.808. The van der Waals surface area contributed by atoms with Gasteiger partial charge in [-0.25, -0.2) is 0 Å². The van der Waals surface area contributed by atoms with Crippen molar-refractivity contribution in [3.8, 4) is 5.75 Å². The maximum absolute atomic E-state index is 13.1. The number of aromatic hydroxyl groups is 1. The summed E-state index contributed by atoms with van der Waals surface area (Å²) in [6.07, 6.45) is 9.58. The molecule has 1 aliphatic heterocycles. The molecule has 0 unspecified atom stereocenters. The van der Waals surface area contributed by atoms with E-state index in [9.17, 15) is 14.7 Å². The van der Waals surface area contributed by atoms with E-state index in [0.717, 1.165) is 18.4 Å². The van der Waals surface area contributed by atoms with E-state index in [2.05, 4.69) is 4.98 Å². The molecule has 1 saturated heterocycles. The number of aromatic nitrogens is 1. The van der Waals surface area contributed by atoms with E-state index in [-0.39, 0.29) is 59.6 Å². The Morgan fingerprint density at radius 1 is 1.17 bits per heavy atom. The number of likely N-dealkylation sites (tertiary alicyclic amines) is 1. The van der Waals surface area contributed by atoms with Gasteiger partial charge in [-0.05, 0) is 48.9 Å². The number of amides is 1.